The van der Waals surface area contributed by atoms with Gasteiger partial charge in [-0.1, -0.05) is 30.3 Å². The molecule has 0 aromatic heterocycles. The van der Waals surface area contributed by atoms with E-state index < -0.39 is 74.3 Å². The standard InChI is InChI=1S/C19H26O11/c20-6-9-15(11(21)13(23)17(25)27-9)30-19-14(24)12(22)16-10(28-19)7-26-18(29-16)8-4-2-1-3-5-8/h1-5,9-25H,6-7H2/t9-,10+,11-,12+,13-,14+,15-,16+,17?,18?,19+/m0/s1. The molecule has 2 unspecified atom stereocenters. The molecule has 0 radical (unpaired) electrons. The van der Waals surface area contributed by atoms with E-state index in [1.54, 1.807) is 0 Å². The lowest BCUT2D eigenvalue weighted by molar-refractivity contribution is -0.384. The summed E-state index contributed by atoms with van der Waals surface area (Å²) >= 11 is 0. The van der Waals surface area contributed by atoms with Crippen molar-refractivity contribution in [1.82, 2.24) is 0 Å². The molecular formula is C19H26O11. The van der Waals surface area contributed by atoms with Gasteiger partial charge in [-0.05, 0) is 0 Å². The summed E-state index contributed by atoms with van der Waals surface area (Å²) in [5.74, 6) is 0. The van der Waals surface area contributed by atoms with Crippen molar-refractivity contribution in [3.05, 3.63) is 35.9 Å². The summed E-state index contributed by atoms with van der Waals surface area (Å²) in [5.41, 5.74) is 0.747. The molecule has 6 N–H and O–H groups in total. The van der Waals surface area contributed by atoms with Gasteiger partial charge in [0.15, 0.2) is 18.9 Å². The number of aliphatic hydroxyl groups excluding tert-OH is 6. The van der Waals surface area contributed by atoms with Crippen molar-refractivity contribution in [1.29, 1.82) is 0 Å². The molecule has 0 bridgehead atoms. The maximum absolute atomic E-state index is 10.6. The predicted molar refractivity (Wildman–Crippen MR) is 95.5 cm³/mol. The molecular weight excluding hydrogens is 404 g/mol. The maximum atomic E-state index is 10.6. The summed E-state index contributed by atoms with van der Waals surface area (Å²) in [6.07, 6.45) is -14.3. The summed E-state index contributed by atoms with van der Waals surface area (Å²) in [6, 6.07) is 9.10. The average molecular weight is 430 g/mol. The molecule has 3 aliphatic rings. The van der Waals surface area contributed by atoms with Crippen LogP contribution in [-0.2, 0) is 23.7 Å². The van der Waals surface area contributed by atoms with Gasteiger partial charge in [0.1, 0.15) is 48.8 Å². The van der Waals surface area contributed by atoms with Gasteiger partial charge < -0.3 is 54.3 Å². The zero-order chi connectivity index (χ0) is 21.4. The van der Waals surface area contributed by atoms with Gasteiger partial charge in [0.2, 0.25) is 0 Å². The van der Waals surface area contributed by atoms with Crippen LogP contribution in [0.25, 0.3) is 0 Å². The highest BCUT2D eigenvalue weighted by molar-refractivity contribution is 5.16. The summed E-state index contributed by atoms with van der Waals surface area (Å²) < 4.78 is 27.7. The number of aliphatic hydroxyl groups is 6. The van der Waals surface area contributed by atoms with E-state index in [2.05, 4.69) is 0 Å². The molecule has 11 atom stereocenters. The van der Waals surface area contributed by atoms with E-state index in [-0.39, 0.29) is 6.61 Å². The Hall–Kier alpha value is -1.22. The second kappa shape index (κ2) is 9.10. The Morgan fingerprint density at radius 1 is 0.867 bits per heavy atom. The first-order valence-corrected chi connectivity index (χ1v) is 9.70. The highest BCUT2D eigenvalue weighted by atomic mass is 16.8. The highest BCUT2D eigenvalue weighted by Crippen LogP contribution is 2.35. The topological polar surface area (TPSA) is 168 Å². The summed E-state index contributed by atoms with van der Waals surface area (Å²) in [7, 11) is 0. The van der Waals surface area contributed by atoms with Crippen LogP contribution in [0.1, 0.15) is 11.9 Å². The Balaban J connectivity index is 1.44. The molecule has 3 aliphatic heterocycles. The molecule has 30 heavy (non-hydrogen) atoms. The fourth-order valence-corrected chi connectivity index (χ4v) is 3.86. The Morgan fingerprint density at radius 3 is 2.30 bits per heavy atom. The van der Waals surface area contributed by atoms with Crippen LogP contribution in [0.15, 0.2) is 30.3 Å². The quantitative estimate of drug-likeness (QED) is 0.295. The monoisotopic (exact) mass is 430 g/mol. The fourth-order valence-electron chi connectivity index (χ4n) is 3.86. The van der Waals surface area contributed by atoms with Gasteiger partial charge >= 0.3 is 0 Å². The summed E-state index contributed by atoms with van der Waals surface area (Å²) in [6.45, 7) is -0.587. The van der Waals surface area contributed by atoms with Gasteiger partial charge in [-0.25, -0.2) is 0 Å². The van der Waals surface area contributed by atoms with Crippen molar-refractivity contribution in [3.63, 3.8) is 0 Å². The lowest BCUT2D eigenvalue weighted by Crippen LogP contribution is -2.65. The minimum absolute atomic E-state index is 0.0440. The molecule has 3 fully saturated rings. The number of fused-ring (bicyclic) bond motifs is 1. The molecule has 0 aliphatic carbocycles. The van der Waals surface area contributed by atoms with Crippen molar-refractivity contribution in [2.75, 3.05) is 13.2 Å². The van der Waals surface area contributed by atoms with Crippen LogP contribution in [0.2, 0.25) is 0 Å². The molecule has 3 saturated heterocycles. The Labute approximate surface area is 171 Å². The lowest BCUT2D eigenvalue weighted by atomic mass is 9.96. The first-order valence-electron chi connectivity index (χ1n) is 9.70. The summed E-state index contributed by atoms with van der Waals surface area (Å²) in [4.78, 5) is 0. The number of hydrogen-bond acceptors (Lipinski definition) is 11. The predicted octanol–water partition coefficient (Wildman–Crippen LogP) is -2.64. The molecule has 4 rings (SSSR count). The van der Waals surface area contributed by atoms with Crippen LogP contribution >= 0.6 is 0 Å². The van der Waals surface area contributed by atoms with Gasteiger partial charge in [-0.2, -0.15) is 0 Å². The van der Waals surface area contributed by atoms with Crippen molar-refractivity contribution in [3.8, 4) is 0 Å². The average Bonchev–Trinajstić information content (AvgIpc) is 2.77. The Morgan fingerprint density at radius 2 is 1.60 bits per heavy atom. The molecule has 0 amide bonds. The second-order valence-electron chi connectivity index (χ2n) is 7.53. The number of hydrogen-bond donors (Lipinski definition) is 6. The van der Waals surface area contributed by atoms with E-state index in [1.807, 2.05) is 30.3 Å². The number of benzene rings is 1. The third-order valence-electron chi connectivity index (χ3n) is 5.54. The van der Waals surface area contributed by atoms with Crippen LogP contribution in [0.4, 0.5) is 0 Å². The third-order valence-corrected chi connectivity index (χ3v) is 5.54. The van der Waals surface area contributed by atoms with Gasteiger partial charge in [-0.3, -0.25) is 0 Å². The van der Waals surface area contributed by atoms with E-state index >= 15 is 0 Å². The molecule has 0 spiro atoms. The summed E-state index contributed by atoms with van der Waals surface area (Å²) in [5, 5.41) is 60.2. The third kappa shape index (κ3) is 4.11. The van der Waals surface area contributed by atoms with Gasteiger partial charge in [0.05, 0.1) is 13.2 Å². The zero-order valence-corrected chi connectivity index (χ0v) is 15.9. The highest BCUT2D eigenvalue weighted by Gasteiger charge is 2.52. The maximum Gasteiger partial charge on any atom is 0.187 e. The van der Waals surface area contributed by atoms with Crippen LogP contribution < -0.4 is 0 Å². The zero-order valence-electron chi connectivity index (χ0n) is 15.9. The molecule has 0 saturated carbocycles. The van der Waals surface area contributed by atoms with Crippen molar-refractivity contribution in [2.24, 2.45) is 0 Å². The van der Waals surface area contributed by atoms with Crippen molar-refractivity contribution < 1.29 is 54.3 Å². The fraction of sp³-hybridized carbons (Fsp3) is 0.684. The van der Waals surface area contributed by atoms with Crippen LogP contribution in [0.5, 0.6) is 0 Å². The molecule has 168 valence electrons. The van der Waals surface area contributed by atoms with E-state index in [4.69, 9.17) is 23.7 Å². The number of rotatable bonds is 4. The van der Waals surface area contributed by atoms with Crippen LogP contribution in [-0.4, -0.2) is 105 Å². The van der Waals surface area contributed by atoms with Gasteiger partial charge in [0.25, 0.3) is 0 Å². The Bertz CT molecular complexity index is 686. The van der Waals surface area contributed by atoms with Crippen LogP contribution in [0, 0.1) is 0 Å². The molecule has 1 aromatic rings. The molecule has 1 aromatic carbocycles. The number of ether oxygens (including phenoxy) is 5. The second-order valence-corrected chi connectivity index (χ2v) is 7.53. The van der Waals surface area contributed by atoms with E-state index in [0.717, 1.165) is 5.56 Å². The largest absolute Gasteiger partial charge is 0.394 e. The SMILES string of the molecule is OC[C@@H]1OC(O)[C@@H](O)[C@H](O)[C@H]1O[C@H]1O[C@@H]2COC(c3ccccc3)O[C@H]2[C@H](O)[C@H]1O. The van der Waals surface area contributed by atoms with Crippen LogP contribution in [0.3, 0.4) is 0 Å². The molecule has 11 nitrogen and oxygen atoms in total. The first kappa shape index (κ1) is 22.0. The van der Waals surface area contributed by atoms with E-state index in [0.29, 0.717) is 0 Å². The smallest absolute Gasteiger partial charge is 0.187 e. The minimum atomic E-state index is -1.71. The molecule has 11 heteroatoms. The van der Waals surface area contributed by atoms with Gasteiger partial charge in [-0.15, -0.1) is 0 Å². The Kier molecular flexibility index (Phi) is 6.67. The van der Waals surface area contributed by atoms with Crippen molar-refractivity contribution >= 4 is 0 Å². The van der Waals surface area contributed by atoms with Gasteiger partial charge in [0, 0.05) is 5.56 Å². The normalized spacial score (nSPS) is 46.9. The lowest BCUT2D eigenvalue weighted by Gasteiger charge is -2.48. The van der Waals surface area contributed by atoms with E-state index in [9.17, 15) is 30.6 Å². The molecule has 3 heterocycles. The minimum Gasteiger partial charge on any atom is -0.394 e. The first-order chi connectivity index (χ1) is 14.4. The van der Waals surface area contributed by atoms with E-state index in [1.165, 1.54) is 0 Å². The van der Waals surface area contributed by atoms with Crippen molar-refractivity contribution in [2.45, 2.75) is 67.7 Å².